The monoisotopic (exact) mass is 417 g/mol. The predicted octanol–water partition coefficient (Wildman–Crippen LogP) is 6.20. The van der Waals surface area contributed by atoms with Gasteiger partial charge in [0.05, 0.1) is 5.57 Å². The number of hydrogen-bond acceptors (Lipinski definition) is 4. The lowest BCUT2D eigenvalue weighted by Gasteiger charge is -2.42. The van der Waals surface area contributed by atoms with Crippen LogP contribution in [-0.4, -0.2) is 21.8 Å². The summed E-state index contributed by atoms with van der Waals surface area (Å²) in [7, 11) is 0. The Kier molecular flexibility index (Phi) is 5.07. The van der Waals surface area contributed by atoms with E-state index >= 15 is 0 Å². The molecule has 31 heavy (non-hydrogen) atoms. The fraction of sp³-hybridized carbons (Fsp3) is 0.407. The molecular formula is C27H31NO3. The highest BCUT2D eigenvalue weighted by Gasteiger charge is 2.37. The van der Waals surface area contributed by atoms with Crippen molar-refractivity contribution in [3.8, 4) is 0 Å². The first-order valence-corrected chi connectivity index (χ1v) is 11.0. The maximum Gasteiger partial charge on any atom is 0.167 e. The van der Waals surface area contributed by atoms with Gasteiger partial charge in [-0.1, -0.05) is 63.2 Å². The largest absolute Gasteiger partial charge is 0.512 e. The molecule has 0 spiro atoms. The summed E-state index contributed by atoms with van der Waals surface area (Å²) in [5, 5.41) is 23.7. The second-order valence-corrected chi connectivity index (χ2v) is 10.3. The minimum atomic E-state index is -0.0309. The number of rotatable bonds is 3. The van der Waals surface area contributed by atoms with Gasteiger partial charge in [-0.3, -0.25) is 4.79 Å². The second kappa shape index (κ2) is 7.37. The molecule has 0 atom stereocenters. The van der Waals surface area contributed by atoms with Crippen LogP contribution in [0.1, 0.15) is 86.8 Å². The molecule has 0 heterocycles. The minimum Gasteiger partial charge on any atom is -0.512 e. The van der Waals surface area contributed by atoms with Crippen LogP contribution >= 0.6 is 0 Å². The summed E-state index contributed by atoms with van der Waals surface area (Å²) in [6.45, 7) is 11.2. The smallest absolute Gasteiger partial charge is 0.167 e. The summed E-state index contributed by atoms with van der Waals surface area (Å²) >= 11 is 0. The van der Waals surface area contributed by atoms with Crippen molar-refractivity contribution in [1.82, 2.24) is 0 Å². The highest BCUT2D eigenvalue weighted by Crippen LogP contribution is 2.46. The van der Waals surface area contributed by atoms with E-state index in [1.54, 1.807) is 0 Å². The van der Waals surface area contributed by atoms with Gasteiger partial charge in [-0.05, 0) is 58.9 Å². The zero-order valence-corrected chi connectivity index (χ0v) is 19.0. The van der Waals surface area contributed by atoms with Crippen molar-refractivity contribution in [2.75, 3.05) is 0 Å². The quantitative estimate of drug-likeness (QED) is 0.355. The Labute approximate surface area is 184 Å². The molecule has 4 rings (SSSR count). The summed E-state index contributed by atoms with van der Waals surface area (Å²) in [5.41, 5.74) is 7.25. The van der Waals surface area contributed by atoms with Crippen molar-refractivity contribution >= 4 is 17.1 Å². The van der Waals surface area contributed by atoms with E-state index in [1.165, 1.54) is 11.1 Å². The highest BCUT2D eigenvalue weighted by atomic mass is 16.4. The zero-order valence-electron chi connectivity index (χ0n) is 19.0. The minimum absolute atomic E-state index is 0.0309. The van der Waals surface area contributed by atoms with E-state index in [0.29, 0.717) is 29.7 Å². The molecule has 2 aromatic carbocycles. The highest BCUT2D eigenvalue weighted by molar-refractivity contribution is 6.23. The summed E-state index contributed by atoms with van der Waals surface area (Å²) < 4.78 is 0. The number of ketones is 1. The molecule has 0 aliphatic heterocycles. The topological polar surface area (TPSA) is 69.9 Å². The van der Waals surface area contributed by atoms with Crippen molar-refractivity contribution in [1.29, 1.82) is 0 Å². The van der Waals surface area contributed by atoms with Crippen LogP contribution in [0.5, 0.6) is 0 Å². The van der Waals surface area contributed by atoms with Crippen LogP contribution in [-0.2, 0) is 15.6 Å². The fourth-order valence-corrected chi connectivity index (χ4v) is 5.01. The molecule has 2 aliphatic carbocycles. The standard InChI is InChI=1S/C27H31NO3/c1-16-14-20-21(27(4,5)13-12-26(20,2)3)15-19(16)25(28-31)18-8-6-17(7-9-18)24-22(29)10-11-23(24)30/h6-9,14-15,29,31H,10-13H2,1-5H3/b28-25+. The molecule has 4 nitrogen and oxygen atoms in total. The molecule has 0 radical (unpaired) electrons. The van der Waals surface area contributed by atoms with E-state index in [9.17, 15) is 15.1 Å². The average Bonchev–Trinajstić information content (AvgIpc) is 3.06. The van der Waals surface area contributed by atoms with E-state index in [-0.39, 0.29) is 22.4 Å². The van der Waals surface area contributed by atoms with Crippen LogP contribution in [0, 0.1) is 6.92 Å². The molecular weight excluding hydrogens is 386 g/mol. The SMILES string of the molecule is Cc1cc2c(cc1/C(=N/O)c1ccc(C3=C(O)CCC3=O)cc1)C(C)(C)CCC2(C)C. The van der Waals surface area contributed by atoms with Crippen molar-refractivity contribution in [3.63, 3.8) is 0 Å². The molecule has 2 aromatic rings. The summed E-state index contributed by atoms with van der Waals surface area (Å²) in [6, 6.07) is 11.8. The third-order valence-electron chi connectivity index (χ3n) is 7.16. The number of aliphatic hydroxyl groups is 1. The third kappa shape index (κ3) is 3.58. The Bertz CT molecular complexity index is 1120. The number of Topliss-reactive ketones (excluding diaryl/α,β-unsaturated/α-hetero) is 1. The van der Waals surface area contributed by atoms with Crippen LogP contribution in [0.4, 0.5) is 0 Å². The number of hydrogen-bond donors (Lipinski definition) is 2. The normalized spacial score (nSPS) is 20.2. The average molecular weight is 418 g/mol. The van der Waals surface area contributed by atoms with Gasteiger partial charge in [-0.2, -0.15) is 0 Å². The number of carbonyl (C=O) groups excluding carboxylic acids is 1. The molecule has 2 aliphatic rings. The van der Waals surface area contributed by atoms with Crippen molar-refractivity contribution < 1.29 is 15.1 Å². The van der Waals surface area contributed by atoms with Gasteiger partial charge in [0.25, 0.3) is 0 Å². The van der Waals surface area contributed by atoms with Gasteiger partial charge in [0, 0.05) is 24.0 Å². The Hall–Kier alpha value is -2.88. The van der Waals surface area contributed by atoms with Crippen LogP contribution in [0.15, 0.2) is 47.3 Å². The van der Waals surface area contributed by atoms with Gasteiger partial charge in [0.2, 0.25) is 0 Å². The number of nitrogens with zero attached hydrogens (tertiary/aromatic N) is 1. The zero-order chi connectivity index (χ0) is 22.6. The number of oxime groups is 1. The Balaban J connectivity index is 1.77. The van der Waals surface area contributed by atoms with E-state index in [2.05, 4.69) is 51.9 Å². The number of allylic oxidation sites excluding steroid dienone is 2. The molecule has 0 fully saturated rings. The predicted molar refractivity (Wildman–Crippen MR) is 124 cm³/mol. The maximum absolute atomic E-state index is 12.1. The first-order chi connectivity index (χ1) is 14.5. The molecule has 0 aromatic heterocycles. The summed E-state index contributed by atoms with van der Waals surface area (Å²) in [6.07, 6.45) is 3.02. The van der Waals surface area contributed by atoms with Gasteiger partial charge in [-0.15, -0.1) is 0 Å². The Morgan fingerprint density at radius 3 is 2.03 bits per heavy atom. The molecule has 162 valence electrons. The van der Waals surface area contributed by atoms with Gasteiger partial charge >= 0.3 is 0 Å². The maximum atomic E-state index is 12.1. The van der Waals surface area contributed by atoms with Crippen molar-refractivity contribution in [2.24, 2.45) is 5.16 Å². The van der Waals surface area contributed by atoms with Gasteiger partial charge in [-0.25, -0.2) is 0 Å². The molecule has 2 N–H and O–H groups in total. The number of benzene rings is 2. The lowest BCUT2D eigenvalue weighted by molar-refractivity contribution is -0.113. The molecule has 0 unspecified atom stereocenters. The number of carbonyl (C=O) groups is 1. The van der Waals surface area contributed by atoms with Gasteiger partial charge in [0.15, 0.2) is 5.78 Å². The summed E-state index contributed by atoms with van der Waals surface area (Å²) in [5.74, 6) is 0.126. The number of aliphatic hydroxyl groups excluding tert-OH is 1. The molecule has 0 saturated carbocycles. The first-order valence-electron chi connectivity index (χ1n) is 11.0. The lowest BCUT2D eigenvalue weighted by Crippen LogP contribution is -2.34. The number of aryl methyl sites for hydroxylation is 1. The van der Waals surface area contributed by atoms with Crippen LogP contribution < -0.4 is 0 Å². The van der Waals surface area contributed by atoms with Crippen molar-refractivity contribution in [2.45, 2.75) is 71.1 Å². The van der Waals surface area contributed by atoms with E-state index in [1.807, 2.05) is 24.3 Å². The van der Waals surface area contributed by atoms with Crippen LogP contribution in [0.2, 0.25) is 0 Å². The third-order valence-corrected chi connectivity index (χ3v) is 7.16. The fourth-order valence-electron chi connectivity index (χ4n) is 5.01. The van der Waals surface area contributed by atoms with E-state index < -0.39 is 0 Å². The summed E-state index contributed by atoms with van der Waals surface area (Å²) in [4.78, 5) is 12.1. The number of fused-ring (bicyclic) bond motifs is 1. The second-order valence-electron chi connectivity index (χ2n) is 10.3. The van der Waals surface area contributed by atoms with E-state index in [4.69, 9.17) is 0 Å². The lowest BCUT2D eigenvalue weighted by atomic mass is 9.62. The van der Waals surface area contributed by atoms with Crippen LogP contribution in [0.25, 0.3) is 5.57 Å². The molecule has 0 bridgehead atoms. The van der Waals surface area contributed by atoms with Gasteiger partial charge < -0.3 is 10.3 Å². The molecule has 4 heteroatoms. The first kappa shape index (κ1) is 21.4. The van der Waals surface area contributed by atoms with Gasteiger partial charge in [0.1, 0.15) is 11.5 Å². The van der Waals surface area contributed by atoms with E-state index in [0.717, 1.165) is 29.5 Å². The van der Waals surface area contributed by atoms with Crippen LogP contribution in [0.3, 0.4) is 0 Å². The molecule has 0 saturated heterocycles. The Morgan fingerprint density at radius 2 is 1.52 bits per heavy atom. The Morgan fingerprint density at radius 1 is 0.935 bits per heavy atom. The van der Waals surface area contributed by atoms with Crippen molar-refractivity contribution in [3.05, 3.63) is 75.5 Å². The molecule has 0 amide bonds.